The fourth-order valence-corrected chi connectivity index (χ4v) is 1.18. The van der Waals surface area contributed by atoms with E-state index in [1.807, 2.05) is 0 Å². The first kappa shape index (κ1) is 12.6. The highest BCUT2D eigenvalue weighted by molar-refractivity contribution is 5.59. The lowest BCUT2D eigenvalue weighted by Gasteiger charge is -2.17. The standard InChI is InChI=1S/C8H6F6N2/c9-7(10,11)4-2-1-3-5(6(4)16-15)8(12,13)14/h1-3,16H,15H2. The van der Waals surface area contributed by atoms with Gasteiger partial charge >= 0.3 is 12.4 Å². The lowest BCUT2D eigenvalue weighted by Crippen LogP contribution is -2.20. The molecule has 0 aliphatic heterocycles. The second kappa shape index (κ2) is 3.85. The van der Waals surface area contributed by atoms with Crippen LogP contribution in [0.25, 0.3) is 0 Å². The quantitative estimate of drug-likeness (QED) is 0.452. The number of alkyl halides is 6. The fraction of sp³-hybridized carbons (Fsp3) is 0.250. The summed E-state index contributed by atoms with van der Waals surface area (Å²) < 4.78 is 74.0. The van der Waals surface area contributed by atoms with Gasteiger partial charge in [0.05, 0.1) is 16.8 Å². The predicted molar refractivity (Wildman–Crippen MR) is 44.3 cm³/mol. The van der Waals surface area contributed by atoms with Crippen molar-refractivity contribution in [3.8, 4) is 0 Å². The van der Waals surface area contributed by atoms with Crippen molar-refractivity contribution >= 4 is 5.69 Å². The van der Waals surface area contributed by atoms with E-state index in [2.05, 4.69) is 0 Å². The molecule has 16 heavy (non-hydrogen) atoms. The number of nitrogens with one attached hydrogen (secondary N) is 1. The Bertz CT molecular complexity index is 349. The Morgan fingerprint density at radius 1 is 0.875 bits per heavy atom. The SMILES string of the molecule is NNc1c(C(F)(F)F)cccc1C(F)(F)F. The summed E-state index contributed by atoms with van der Waals surface area (Å²) in [5.41, 5.74) is -2.65. The van der Waals surface area contributed by atoms with E-state index < -0.39 is 29.2 Å². The van der Waals surface area contributed by atoms with Crippen LogP contribution in [0.1, 0.15) is 11.1 Å². The maximum Gasteiger partial charge on any atom is 0.418 e. The summed E-state index contributed by atoms with van der Waals surface area (Å²) in [6.07, 6.45) is -9.80. The molecule has 0 saturated heterocycles. The molecule has 0 saturated carbocycles. The molecule has 0 amide bonds. The Kier molecular flexibility index (Phi) is 3.04. The van der Waals surface area contributed by atoms with Gasteiger partial charge in [-0.05, 0) is 12.1 Å². The van der Waals surface area contributed by atoms with Gasteiger partial charge in [0.25, 0.3) is 0 Å². The Hall–Kier alpha value is -1.44. The maximum atomic E-state index is 12.3. The zero-order valence-corrected chi connectivity index (χ0v) is 7.58. The molecular formula is C8H6F6N2. The molecule has 0 heterocycles. The summed E-state index contributed by atoms with van der Waals surface area (Å²) in [5.74, 6) is 4.69. The van der Waals surface area contributed by atoms with Crippen molar-refractivity contribution in [3.05, 3.63) is 29.3 Å². The Morgan fingerprint density at radius 3 is 1.50 bits per heavy atom. The lowest BCUT2D eigenvalue weighted by molar-refractivity contribution is -0.141. The van der Waals surface area contributed by atoms with Crippen LogP contribution in [0.2, 0.25) is 0 Å². The Morgan fingerprint density at radius 2 is 1.25 bits per heavy atom. The van der Waals surface area contributed by atoms with Crippen molar-refractivity contribution in [2.45, 2.75) is 12.4 Å². The zero-order valence-electron chi connectivity index (χ0n) is 7.58. The summed E-state index contributed by atoms with van der Waals surface area (Å²) in [6.45, 7) is 0. The monoisotopic (exact) mass is 244 g/mol. The van der Waals surface area contributed by atoms with E-state index in [1.165, 1.54) is 5.43 Å². The lowest BCUT2D eigenvalue weighted by atomic mass is 10.1. The normalized spacial score (nSPS) is 12.7. The van der Waals surface area contributed by atoms with E-state index in [1.54, 1.807) is 0 Å². The third-order valence-electron chi connectivity index (χ3n) is 1.82. The van der Waals surface area contributed by atoms with Crippen LogP contribution in [-0.4, -0.2) is 0 Å². The molecule has 0 aliphatic carbocycles. The van der Waals surface area contributed by atoms with Gasteiger partial charge in [0.15, 0.2) is 0 Å². The third kappa shape index (κ3) is 2.38. The topological polar surface area (TPSA) is 38.0 Å². The highest BCUT2D eigenvalue weighted by atomic mass is 19.4. The molecule has 0 unspecified atom stereocenters. The zero-order chi connectivity index (χ0) is 12.6. The smallest absolute Gasteiger partial charge is 0.323 e. The first-order valence-corrected chi connectivity index (χ1v) is 3.92. The van der Waals surface area contributed by atoms with Crippen LogP contribution in [0.3, 0.4) is 0 Å². The van der Waals surface area contributed by atoms with Gasteiger partial charge in [0.1, 0.15) is 0 Å². The highest BCUT2D eigenvalue weighted by Crippen LogP contribution is 2.41. The molecule has 0 aliphatic rings. The van der Waals surface area contributed by atoms with Crippen molar-refractivity contribution in [1.29, 1.82) is 0 Å². The number of anilines is 1. The second-order valence-corrected chi connectivity index (χ2v) is 2.87. The van der Waals surface area contributed by atoms with E-state index in [9.17, 15) is 26.3 Å². The van der Waals surface area contributed by atoms with Crippen molar-refractivity contribution in [2.75, 3.05) is 5.43 Å². The number of para-hydroxylation sites is 1. The number of nitrogens with two attached hydrogens (primary N) is 1. The number of hydrogen-bond donors (Lipinski definition) is 2. The molecule has 2 nitrogen and oxygen atoms in total. The molecule has 0 atom stereocenters. The second-order valence-electron chi connectivity index (χ2n) is 2.87. The van der Waals surface area contributed by atoms with Crippen LogP contribution in [0.5, 0.6) is 0 Å². The number of rotatable bonds is 1. The number of hydrazine groups is 1. The van der Waals surface area contributed by atoms with Crippen molar-refractivity contribution in [3.63, 3.8) is 0 Å². The molecule has 0 fully saturated rings. The molecule has 1 rings (SSSR count). The Labute approximate surface area is 86.0 Å². The largest absolute Gasteiger partial charge is 0.418 e. The van der Waals surface area contributed by atoms with Gasteiger partial charge in [-0.2, -0.15) is 26.3 Å². The van der Waals surface area contributed by atoms with E-state index in [-0.39, 0.29) is 0 Å². The maximum absolute atomic E-state index is 12.3. The molecular weight excluding hydrogens is 238 g/mol. The molecule has 0 radical (unpaired) electrons. The fourth-order valence-electron chi connectivity index (χ4n) is 1.18. The highest BCUT2D eigenvalue weighted by Gasteiger charge is 2.40. The van der Waals surface area contributed by atoms with Gasteiger partial charge in [-0.15, -0.1) is 0 Å². The number of benzene rings is 1. The first-order chi connectivity index (χ1) is 7.18. The molecule has 0 spiro atoms. The van der Waals surface area contributed by atoms with Crippen LogP contribution in [0.15, 0.2) is 18.2 Å². The molecule has 8 heteroatoms. The number of halogens is 6. The molecule has 0 bridgehead atoms. The van der Waals surface area contributed by atoms with E-state index in [0.29, 0.717) is 18.2 Å². The third-order valence-corrected chi connectivity index (χ3v) is 1.82. The minimum atomic E-state index is -4.90. The summed E-state index contributed by atoms with van der Waals surface area (Å²) in [7, 11) is 0. The van der Waals surface area contributed by atoms with Crippen LogP contribution >= 0.6 is 0 Å². The predicted octanol–water partition coefficient (Wildman–Crippen LogP) is 3.01. The van der Waals surface area contributed by atoms with Crippen molar-refractivity contribution < 1.29 is 26.3 Å². The number of nitrogen functional groups attached to an aromatic ring is 1. The molecule has 90 valence electrons. The average molecular weight is 244 g/mol. The average Bonchev–Trinajstić information content (AvgIpc) is 2.13. The van der Waals surface area contributed by atoms with Crippen molar-refractivity contribution in [2.24, 2.45) is 5.84 Å². The van der Waals surface area contributed by atoms with Crippen molar-refractivity contribution in [1.82, 2.24) is 0 Å². The Balaban J connectivity index is 3.45. The van der Waals surface area contributed by atoms with Gasteiger partial charge in [-0.1, -0.05) is 6.07 Å². The first-order valence-electron chi connectivity index (χ1n) is 3.92. The van der Waals surface area contributed by atoms with Gasteiger partial charge in [0.2, 0.25) is 0 Å². The number of hydrogen-bond acceptors (Lipinski definition) is 2. The molecule has 1 aromatic rings. The summed E-state index contributed by atoms with van der Waals surface area (Å²) >= 11 is 0. The van der Waals surface area contributed by atoms with E-state index in [4.69, 9.17) is 5.84 Å². The van der Waals surface area contributed by atoms with Crippen LogP contribution in [0, 0.1) is 0 Å². The van der Waals surface area contributed by atoms with Gasteiger partial charge in [-0.25, -0.2) is 0 Å². The minimum absolute atomic E-state index is 0.518. The van der Waals surface area contributed by atoms with Crippen LogP contribution in [0.4, 0.5) is 32.0 Å². The molecule has 1 aromatic carbocycles. The van der Waals surface area contributed by atoms with Gasteiger partial charge in [-0.3, -0.25) is 5.84 Å². The molecule has 0 aromatic heterocycles. The summed E-state index contributed by atoms with van der Waals surface area (Å²) in [6, 6.07) is 1.71. The van der Waals surface area contributed by atoms with E-state index in [0.717, 1.165) is 0 Å². The van der Waals surface area contributed by atoms with Gasteiger partial charge in [0, 0.05) is 0 Å². The summed E-state index contributed by atoms with van der Waals surface area (Å²) in [5, 5.41) is 0. The van der Waals surface area contributed by atoms with Crippen LogP contribution < -0.4 is 11.3 Å². The van der Waals surface area contributed by atoms with Crippen LogP contribution in [-0.2, 0) is 12.4 Å². The minimum Gasteiger partial charge on any atom is -0.323 e. The van der Waals surface area contributed by atoms with Gasteiger partial charge < -0.3 is 5.43 Å². The summed E-state index contributed by atoms with van der Waals surface area (Å²) in [4.78, 5) is 0. The van der Waals surface area contributed by atoms with E-state index >= 15 is 0 Å². The molecule has 3 N–H and O–H groups in total.